The van der Waals surface area contributed by atoms with Gasteiger partial charge < -0.3 is 0 Å². The number of allylic oxidation sites excluding steroid dienone is 1. The molecule has 126 valence electrons. The monoisotopic (exact) mass is 418 g/mol. The summed E-state index contributed by atoms with van der Waals surface area (Å²) in [7, 11) is 0. The molecular formula is C22H15BrN2S. The number of benzene rings is 3. The third-order valence-electron chi connectivity index (χ3n) is 3.83. The molecular weight excluding hydrogens is 404 g/mol. The molecule has 0 unspecified atom stereocenters. The standard InChI is InChI=1S/C22H15BrN2S/c23-18-9-3-6-16(14-18)7-5-13-24-19-10-4-8-17(15-19)22-25-20-11-1-2-12-21(20)26-22/h1-15H. The molecule has 26 heavy (non-hydrogen) atoms. The summed E-state index contributed by atoms with van der Waals surface area (Å²) < 4.78 is 2.27. The van der Waals surface area contributed by atoms with Crippen LogP contribution < -0.4 is 0 Å². The average Bonchev–Trinajstić information content (AvgIpc) is 3.10. The SMILES string of the molecule is Brc1cccc(C=CC=Nc2cccc(-c3nc4ccccc4s3)c2)c1. The van der Waals surface area contributed by atoms with Crippen molar-refractivity contribution in [1.82, 2.24) is 4.98 Å². The van der Waals surface area contributed by atoms with Crippen LogP contribution in [-0.4, -0.2) is 11.2 Å². The lowest BCUT2D eigenvalue weighted by Crippen LogP contribution is -1.76. The van der Waals surface area contributed by atoms with Gasteiger partial charge in [-0.15, -0.1) is 11.3 Å². The van der Waals surface area contributed by atoms with Crippen LogP contribution in [0.1, 0.15) is 5.56 Å². The lowest BCUT2D eigenvalue weighted by atomic mass is 10.2. The fourth-order valence-electron chi connectivity index (χ4n) is 2.61. The molecule has 0 aliphatic heterocycles. The topological polar surface area (TPSA) is 25.2 Å². The van der Waals surface area contributed by atoms with Crippen molar-refractivity contribution in [3.05, 3.63) is 88.9 Å². The molecule has 0 atom stereocenters. The molecule has 4 aromatic rings. The first-order valence-corrected chi connectivity index (χ1v) is 9.81. The van der Waals surface area contributed by atoms with Crippen LogP contribution in [0.15, 0.2) is 88.3 Å². The van der Waals surface area contributed by atoms with Gasteiger partial charge >= 0.3 is 0 Å². The van der Waals surface area contributed by atoms with Gasteiger partial charge in [0.15, 0.2) is 0 Å². The summed E-state index contributed by atoms with van der Waals surface area (Å²) in [6, 6.07) is 24.5. The average molecular weight is 419 g/mol. The largest absolute Gasteiger partial charge is 0.257 e. The number of aromatic nitrogens is 1. The van der Waals surface area contributed by atoms with Gasteiger partial charge in [0.25, 0.3) is 0 Å². The van der Waals surface area contributed by atoms with Gasteiger partial charge in [0, 0.05) is 16.3 Å². The van der Waals surface area contributed by atoms with Crippen LogP contribution in [0, 0.1) is 0 Å². The second-order valence-corrected chi connectivity index (χ2v) is 7.68. The predicted octanol–water partition coefficient (Wildman–Crippen LogP) is 7.14. The van der Waals surface area contributed by atoms with Crippen molar-refractivity contribution in [2.45, 2.75) is 0 Å². The van der Waals surface area contributed by atoms with E-state index in [2.05, 4.69) is 51.3 Å². The molecule has 1 aromatic heterocycles. The third kappa shape index (κ3) is 3.98. The number of halogens is 1. The molecule has 0 aliphatic carbocycles. The first-order valence-electron chi connectivity index (χ1n) is 8.20. The van der Waals surface area contributed by atoms with Gasteiger partial charge in [0.2, 0.25) is 0 Å². The highest BCUT2D eigenvalue weighted by atomic mass is 79.9. The van der Waals surface area contributed by atoms with E-state index in [0.717, 1.165) is 31.8 Å². The van der Waals surface area contributed by atoms with Gasteiger partial charge in [-0.25, -0.2) is 4.98 Å². The molecule has 0 fully saturated rings. The molecule has 0 spiro atoms. The summed E-state index contributed by atoms with van der Waals surface area (Å²) in [5.41, 5.74) is 4.19. The number of fused-ring (bicyclic) bond motifs is 1. The molecule has 2 nitrogen and oxygen atoms in total. The second-order valence-electron chi connectivity index (χ2n) is 5.73. The number of aliphatic imine (C=N–C) groups is 1. The molecule has 0 bridgehead atoms. The highest BCUT2D eigenvalue weighted by Crippen LogP contribution is 2.31. The van der Waals surface area contributed by atoms with Gasteiger partial charge in [-0.05, 0) is 48.0 Å². The van der Waals surface area contributed by atoms with Gasteiger partial charge in [-0.1, -0.05) is 58.4 Å². The summed E-state index contributed by atoms with van der Waals surface area (Å²) in [6.45, 7) is 0. The van der Waals surface area contributed by atoms with Gasteiger partial charge in [0.1, 0.15) is 5.01 Å². The van der Waals surface area contributed by atoms with Gasteiger partial charge in [0.05, 0.1) is 15.9 Å². The van der Waals surface area contributed by atoms with Gasteiger partial charge in [-0.3, -0.25) is 4.99 Å². The number of thiazole rings is 1. The van der Waals surface area contributed by atoms with E-state index in [-0.39, 0.29) is 0 Å². The van der Waals surface area contributed by atoms with Crippen molar-refractivity contribution in [3.63, 3.8) is 0 Å². The van der Waals surface area contributed by atoms with Crippen molar-refractivity contribution >= 4 is 55.5 Å². The molecule has 4 rings (SSSR count). The Labute approximate surface area is 164 Å². The van der Waals surface area contributed by atoms with Crippen LogP contribution in [0.2, 0.25) is 0 Å². The Hall–Kier alpha value is -2.56. The van der Waals surface area contributed by atoms with Crippen LogP contribution in [0.4, 0.5) is 5.69 Å². The summed E-state index contributed by atoms with van der Waals surface area (Å²) in [5.74, 6) is 0. The van der Waals surface area contributed by atoms with E-state index in [4.69, 9.17) is 4.98 Å². The Balaban J connectivity index is 1.54. The van der Waals surface area contributed by atoms with E-state index < -0.39 is 0 Å². The van der Waals surface area contributed by atoms with Crippen LogP contribution in [0.5, 0.6) is 0 Å². The molecule has 0 saturated heterocycles. The quantitative estimate of drug-likeness (QED) is 0.323. The Morgan fingerprint density at radius 2 is 1.81 bits per heavy atom. The number of rotatable bonds is 4. The van der Waals surface area contributed by atoms with E-state index in [0.29, 0.717) is 0 Å². The Morgan fingerprint density at radius 3 is 2.69 bits per heavy atom. The van der Waals surface area contributed by atoms with Crippen molar-refractivity contribution in [2.75, 3.05) is 0 Å². The minimum atomic E-state index is 0.917. The minimum absolute atomic E-state index is 0.917. The minimum Gasteiger partial charge on any atom is -0.257 e. The number of hydrogen-bond donors (Lipinski definition) is 0. The summed E-state index contributed by atoms with van der Waals surface area (Å²) in [5, 5.41) is 1.02. The predicted molar refractivity (Wildman–Crippen MR) is 116 cm³/mol. The highest BCUT2D eigenvalue weighted by Gasteiger charge is 2.05. The lowest BCUT2D eigenvalue weighted by molar-refractivity contribution is 1.46. The maximum atomic E-state index is 4.72. The normalized spacial score (nSPS) is 11.7. The van der Waals surface area contributed by atoms with Crippen molar-refractivity contribution in [2.24, 2.45) is 4.99 Å². The zero-order valence-corrected chi connectivity index (χ0v) is 16.2. The molecule has 0 saturated carbocycles. The van der Waals surface area contributed by atoms with Crippen LogP contribution in [-0.2, 0) is 0 Å². The summed E-state index contributed by atoms with van der Waals surface area (Å²) in [6.07, 6.45) is 5.80. The number of para-hydroxylation sites is 1. The zero-order chi connectivity index (χ0) is 17.8. The highest BCUT2D eigenvalue weighted by molar-refractivity contribution is 9.10. The molecule has 1 heterocycles. The van der Waals surface area contributed by atoms with Crippen molar-refractivity contribution in [3.8, 4) is 10.6 Å². The molecule has 0 aliphatic rings. The summed E-state index contributed by atoms with van der Waals surface area (Å²) in [4.78, 5) is 9.25. The Bertz CT molecular complexity index is 1080. The van der Waals surface area contributed by atoms with Crippen molar-refractivity contribution in [1.29, 1.82) is 0 Å². The first-order chi connectivity index (χ1) is 12.8. The van der Waals surface area contributed by atoms with Crippen LogP contribution >= 0.6 is 27.3 Å². The zero-order valence-electron chi connectivity index (χ0n) is 13.8. The fraction of sp³-hybridized carbons (Fsp3) is 0. The maximum Gasteiger partial charge on any atom is 0.124 e. The molecule has 0 amide bonds. The van der Waals surface area contributed by atoms with E-state index in [1.165, 1.54) is 4.70 Å². The fourth-order valence-corrected chi connectivity index (χ4v) is 3.99. The van der Waals surface area contributed by atoms with E-state index in [1.807, 2.05) is 60.8 Å². The van der Waals surface area contributed by atoms with E-state index in [9.17, 15) is 0 Å². The second kappa shape index (κ2) is 7.77. The van der Waals surface area contributed by atoms with Crippen molar-refractivity contribution < 1.29 is 0 Å². The van der Waals surface area contributed by atoms with Gasteiger partial charge in [-0.2, -0.15) is 0 Å². The number of hydrogen-bond acceptors (Lipinski definition) is 3. The summed E-state index contributed by atoms with van der Waals surface area (Å²) >= 11 is 5.18. The third-order valence-corrected chi connectivity index (χ3v) is 5.41. The van der Waals surface area contributed by atoms with Crippen LogP contribution in [0.25, 0.3) is 26.9 Å². The smallest absolute Gasteiger partial charge is 0.124 e. The molecule has 0 radical (unpaired) electrons. The first kappa shape index (κ1) is 16.9. The lowest BCUT2D eigenvalue weighted by Gasteiger charge is -1.97. The maximum absolute atomic E-state index is 4.72. The number of nitrogens with zero attached hydrogens (tertiary/aromatic N) is 2. The Kier molecular flexibility index (Phi) is 5.04. The van der Waals surface area contributed by atoms with E-state index in [1.54, 1.807) is 11.3 Å². The van der Waals surface area contributed by atoms with Crippen LogP contribution in [0.3, 0.4) is 0 Å². The molecule has 0 N–H and O–H groups in total. The van der Waals surface area contributed by atoms with E-state index >= 15 is 0 Å². The molecule has 3 aromatic carbocycles. The Morgan fingerprint density at radius 1 is 0.923 bits per heavy atom. The molecule has 4 heteroatoms.